The number of rotatable bonds is 6. The molecule has 30 heavy (non-hydrogen) atoms. The Morgan fingerprint density at radius 2 is 1.70 bits per heavy atom. The average molecular weight is 416 g/mol. The van der Waals surface area contributed by atoms with Crippen molar-refractivity contribution in [2.75, 3.05) is 11.9 Å². The quantitative estimate of drug-likeness (QED) is 0.553. The van der Waals surface area contributed by atoms with Crippen LogP contribution >= 0.6 is 0 Å². The average Bonchev–Trinajstić information content (AvgIpc) is 2.89. The molecule has 1 aliphatic heterocycles. The smallest absolute Gasteiger partial charge is 0.406 e. The first-order chi connectivity index (χ1) is 14.1. The van der Waals surface area contributed by atoms with Gasteiger partial charge in [-0.05, 0) is 54.8 Å². The number of ether oxygens (including phenoxy) is 1. The number of benzene rings is 2. The molecule has 0 saturated carbocycles. The number of halogens is 3. The molecule has 2 aromatic rings. The number of carbonyl (C=O) groups excluding carboxylic acids is 2. The van der Waals surface area contributed by atoms with E-state index in [-0.39, 0.29) is 17.8 Å². The number of alkyl halides is 3. The second kappa shape index (κ2) is 8.06. The largest absolute Gasteiger partial charge is 0.573 e. The standard InChI is InChI=1S/C22H19F3N2O3/c1-4-11-27-20(28)18(15-6-5-13(2)14(3)12-15)19(21(27)29)26-16-7-9-17(10-8-16)30-22(23,24)25/h4-10,12,26H,1,11H2,2-3H3. The van der Waals surface area contributed by atoms with E-state index in [2.05, 4.69) is 16.6 Å². The molecule has 0 aliphatic carbocycles. The van der Waals surface area contributed by atoms with Gasteiger partial charge in [0.15, 0.2) is 0 Å². The minimum absolute atomic E-state index is 0.0373. The fraction of sp³-hybridized carbons (Fsp3) is 0.182. The van der Waals surface area contributed by atoms with E-state index >= 15 is 0 Å². The first-order valence-corrected chi connectivity index (χ1v) is 9.02. The lowest BCUT2D eigenvalue weighted by Gasteiger charge is -2.13. The molecule has 0 atom stereocenters. The van der Waals surface area contributed by atoms with E-state index in [4.69, 9.17) is 0 Å². The Kier molecular flexibility index (Phi) is 5.69. The normalized spacial score (nSPS) is 14.4. The minimum Gasteiger partial charge on any atom is -0.406 e. The third-order valence-corrected chi connectivity index (χ3v) is 4.63. The summed E-state index contributed by atoms with van der Waals surface area (Å²) in [6, 6.07) is 10.3. The molecule has 2 amide bonds. The third kappa shape index (κ3) is 4.37. The predicted molar refractivity (Wildman–Crippen MR) is 107 cm³/mol. The number of hydrogen-bond acceptors (Lipinski definition) is 4. The van der Waals surface area contributed by atoms with Gasteiger partial charge in [-0.3, -0.25) is 14.5 Å². The second-order valence-electron chi connectivity index (χ2n) is 6.76. The van der Waals surface area contributed by atoms with Crippen molar-refractivity contribution >= 4 is 23.1 Å². The van der Waals surface area contributed by atoms with Crippen molar-refractivity contribution < 1.29 is 27.5 Å². The minimum atomic E-state index is -4.80. The van der Waals surface area contributed by atoms with Crippen LogP contribution in [0.3, 0.4) is 0 Å². The van der Waals surface area contributed by atoms with Crippen molar-refractivity contribution in [2.24, 2.45) is 0 Å². The van der Waals surface area contributed by atoms with Gasteiger partial charge in [0.05, 0.1) is 5.57 Å². The number of imide groups is 1. The lowest BCUT2D eigenvalue weighted by atomic mass is 9.99. The zero-order valence-corrected chi connectivity index (χ0v) is 16.3. The van der Waals surface area contributed by atoms with E-state index in [1.807, 2.05) is 26.0 Å². The van der Waals surface area contributed by atoms with Crippen molar-refractivity contribution in [1.82, 2.24) is 4.90 Å². The van der Waals surface area contributed by atoms with E-state index in [0.29, 0.717) is 11.3 Å². The van der Waals surface area contributed by atoms with E-state index in [1.165, 1.54) is 18.2 Å². The van der Waals surface area contributed by atoms with E-state index < -0.39 is 23.9 Å². The van der Waals surface area contributed by atoms with Crippen molar-refractivity contribution in [3.8, 4) is 5.75 Å². The molecule has 2 aromatic carbocycles. The van der Waals surface area contributed by atoms with Crippen LogP contribution < -0.4 is 10.1 Å². The maximum absolute atomic E-state index is 12.9. The first-order valence-electron chi connectivity index (χ1n) is 9.02. The molecule has 0 spiro atoms. The van der Waals surface area contributed by atoms with Crippen molar-refractivity contribution in [2.45, 2.75) is 20.2 Å². The van der Waals surface area contributed by atoms with Crippen LogP contribution in [0.15, 0.2) is 60.8 Å². The number of hydrogen-bond donors (Lipinski definition) is 1. The van der Waals surface area contributed by atoms with Crippen LogP contribution in [0.1, 0.15) is 16.7 Å². The Morgan fingerprint density at radius 1 is 1.03 bits per heavy atom. The monoisotopic (exact) mass is 416 g/mol. The summed E-state index contributed by atoms with van der Waals surface area (Å²) in [5.74, 6) is -1.40. The second-order valence-corrected chi connectivity index (χ2v) is 6.76. The molecule has 0 saturated heterocycles. The summed E-state index contributed by atoms with van der Waals surface area (Å²) in [5.41, 5.74) is 3.14. The van der Waals surface area contributed by atoms with Gasteiger partial charge in [0.2, 0.25) is 0 Å². The van der Waals surface area contributed by atoms with Crippen molar-refractivity contribution in [3.63, 3.8) is 0 Å². The molecule has 0 fully saturated rings. The topological polar surface area (TPSA) is 58.6 Å². The van der Waals surface area contributed by atoms with Gasteiger partial charge in [0.1, 0.15) is 11.4 Å². The summed E-state index contributed by atoms with van der Waals surface area (Å²) < 4.78 is 40.9. The molecule has 1 aliphatic rings. The van der Waals surface area contributed by atoms with Crippen LogP contribution in [0.5, 0.6) is 5.75 Å². The molecule has 0 aromatic heterocycles. The molecule has 0 radical (unpaired) electrons. The number of nitrogens with zero attached hydrogens (tertiary/aromatic N) is 1. The molecule has 1 heterocycles. The molecular formula is C22H19F3N2O3. The Hall–Kier alpha value is -3.55. The highest BCUT2D eigenvalue weighted by molar-refractivity contribution is 6.36. The summed E-state index contributed by atoms with van der Waals surface area (Å²) in [6.45, 7) is 7.44. The Bertz CT molecular complexity index is 1040. The summed E-state index contributed by atoms with van der Waals surface area (Å²) in [6.07, 6.45) is -3.35. The van der Waals surface area contributed by atoms with Crippen LogP contribution in [0.4, 0.5) is 18.9 Å². The van der Waals surface area contributed by atoms with Crippen LogP contribution in [0.2, 0.25) is 0 Å². The molecule has 5 nitrogen and oxygen atoms in total. The molecule has 3 rings (SSSR count). The Balaban J connectivity index is 1.99. The summed E-state index contributed by atoms with van der Waals surface area (Å²) in [7, 11) is 0. The predicted octanol–water partition coefficient (Wildman–Crippen LogP) is 4.58. The van der Waals surface area contributed by atoms with Gasteiger partial charge < -0.3 is 10.1 Å². The molecule has 156 valence electrons. The number of nitrogens with one attached hydrogen (secondary N) is 1. The number of carbonyl (C=O) groups is 2. The van der Waals surface area contributed by atoms with Gasteiger partial charge >= 0.3 is 6.36 Å². The molecule has 8 heteroatoms. The molecule has 0 unspecified atom stereocenters. The van der Waals surface area contributed by atoms with Gasteiger partial charge in [-0.15, -0.1) is 19.8 Å². The van der Waals surface area contributed by atoms with Gasteiger partial charge in [0.25, 0.3) is 11.8 Å². The van der Waals surface area contributed by atoms with E-state index in [1.54, 1.807) is 6.07 Å². The van der Waals surface area contributed by atoms with E-state index in [0.717, 1.165) is 28.2 Å². The van der Waals surface area contributed by atoms with Crippen LogP contribution in [-0.2, 0) is 9.59 Å². The lowest BCUT2D eigenvalue weighted by Crippen LogP contribution is -2.32. The zero-order valence-electron chi connectivity index (χ0n) is 16.3. The lowest BCUT2D eigenvalue weighted by molar-refractivity contribution is -0.274. The summed E-state index contributed by atoms with van der Waals surface area (Å²) in [5, 5.41) is 2.88. The fourth-order valence-corrected chi connectivity index (χ4v) is 3.04. The third-order valence-electron chi connectivity index (χ3n) is 4.63. The maximum atomic E-state index is 12.9. The fourth-order valence-electron chi connectivity index (χ4n) is 3.04. The Morgan fingerprint density at radius 3 is 2.27 bits per heavy atom. The number of amides is 2. The zero-order chi connectivity index (χ0) is 22.1. The van der Waals surface area contributed by atoms with Crippen molar-refractivity contribution in [1.29, 1.82) is 0 Å². The maximum Gasteiger partial charge on any atom is 0.573 e. The van der Waals surface area contributed by atoms with Gasteiger partial charge in [0, 0.05) is 12.2 Å². The SMILES string of the molecule is C=CCN1C(=O)C(Nc2ccc(OC(F)(F)F)cc2)=C(c2ccc(C)c(C)c2)C1=O. The van der Waals surface area contributed by atoms with Crippen LogP contribution in [-0.4, -0.2) is 29.6 Å². The molecule has 0 bridgehead atoms. The van der Waals surface area contributed by atoms with Gasteiger partial charge in [-0.25, -0.2) is 0 Å². The summed E-state index contributed by atoms with van der Waals surface area (Å²) >= 11 is 0. The molecular weight excluding hydrogens is 397 g/mol. The van der Waals surface area contributed by atoms with E-state index in [9.17, 15) is 22.8 Å². The van der Waals surface area contributed by atoms with Crippen LogP contribution in [0, 0.1) is 13.8 Å². The van der Waals surface area contributed by atoms with Gasteiger partial charge in [-0.1, -0.05) is 24.3 Å². The highest BCUT2D eigenvalue weighted by Crippen LogP contribution is 2.32. The first kappa shape index (κ1) is 21.2. The summed E-state index contributed by atoms with van der Waals surface area (Å²) in [4.78, 5) is 26.8. The number of aryl methyl sites for hydroxylation is 2. The molecule has 1 N–H and O–H groups in total. The van der Waals surface area contributed by atoms with Crippen molar-refractivity contribution in [3.05, 3.63) is 77.5 Å². The van der Waals surface area contributed by atoms with Gasteiger partial charge in [-0.2, -0.15) is 0 Å². The Labute approximate surface area is 171 Å². The van der Waals surface area contributed by atoms with Crippen LogP contribution in [0.25, 0.3) is 5.57 Å². The highest BCUT2D eigenvalue weighted by atomic mass is 19.4. The highest BCUT2D eigenvalue weighted by Gasteiger charge is 2.38. The number of anilines is 1.